The number of fused-ring (bicyclic) bond motifs is 1. The van der Waals surface area contributed by atoms with Gasteiger partial charge in [0.25, 0.3) is 0 Å². The van der Waals surface area contributed by atoms with Crippen LogP contribution in [0.5, 0.6) is 0 Å². The van der Waals surface area contributed by atoms with E-state index in [1.54, 1.807) is 32.3 Å². The Balaban J connectivity index is 1.58. The lowest BCUT2D eigenvalue weighted by atomic mass is 10.0. The van der Waals surface area contributed by atoms with Crippen LogP contribution in [0.4, 0.5) is 11.5 Å². The van der Waals surface area contributed by atoms with Crippen LogP contribution in [0.2, 0.25) is 0 Å². The van der Waals surface area contributed by atoms with E-state index in [-0.39, 0.29) is 23.4 Å². The Labute approximate surface area is 182 Å². The number of rotatable bonds is 6. The zero-order valence-electron chi connectivity index (χ0n) is 18.1. The molecule has 166 valence electrons. The molecular weight excluding hydrogens is 416 g/mol. The number of aromatic nitrogens is 2. The largest absolute Gasteiger partial charge is 0.373 e. The first-order valence-electron chi connectivity index (χ1n) is 10.4. The van der Waals surface area contributed by atoms with Crippen LogP contribution in [-0.2, 0) is 27.8 Å². The molecule has 1 amide bonds. The molecule has 2 N–H and O–H groups in total. The van der Waals surface area contributed by atoms with Crippen molar-refractivity contribution < 1.29 is 13.2 Å². The fraction of sp³-hybridized carbons (Fsp3) is 0.476. The molecule has 0 spiro atoms. The summed E-state index contributed by atoms with van der Waals surface area (Å²) in [6.07, 6.45) is 2.97. The fourth-order valence-electron chi connectivity index (χ4n) is 4.13. The van der Waals surface area contributed by atoms with Crippen LogP contribution < -0.4 is 10.6 Å². The molecule has 10 heteroatoms. The van der Waals surface area contributed by atoms with E-state index >= 15 is 0 Å². The third-order valence-electron chi connectivity index (χ3n) is 5.94. The SMILES string of the molecule is CNc1cc(CN(C)S(=O)(=O)c2ccc3c(c2)CCC(=O)N3)nc(C2CCCN2C)n1. The Morgan fingerprint density at radius 2 is 2.06 bits per heavy atom. The van der Waals surface area contributed by atoms with Crippen molar-refractivity contribution in [2.75, 3.05) is 38.3 Å². The van der Waals surface area contributed by atoms with Crippen molar-refractivity contribution in [2.45, 2.75) is 43.2 Å². The molecule has 2 aromatic rings. The molecule has 1 aromatic carbocycles. The van der Waals surface area contributed by atoms with E-state index in [2.05, 4.69) is 27.6 Å². The number of aryl methyl sites for hydroxylation is 1. The highest BCUT2D eigenvalue weighted by atomic mass is 32.2. The van der Waals surface area contributed by atoms with Gasteiger partial charge < -0.3 is 10.6 Å². The zero-order valence-corrected chi connectivity index (χ0v) is 18.9. The van der Waals surface area contributed by atoms with E-state index in [0.29, 0.717) is 30.0 Å². The molecule has 3 heterocycles. The highest BCUT2D eigenvalue weighted by molar-refractivity contribution is 7.89. The third-order valence-corrected chi connectivity index (χ3v) is 7.74. The summed E-state index contributed by atoms with van der Waals surface area (Å²) in [5, 5.41) is 5.84. The molecule has 1 aromatic heterocycles. The summed E-state index contributed by atoms with van der Waals surface area (Å²) in [6, 6.07) is 6.77. The molecular formula is C21H28N6O3S. The summed E-state index contributed by atoms with van der Waals surface area (Å²) >= 11 is 0. The van der Waals surface area contributed by atoms with Crippen LogP contribution in [-0.4, -0.2) is 61.2 Å². The predicted molar refractivity (Wildman–Crippen MR) is 118 cm³/mol. The molecule has 0 bridgehead atoms. The first-order valence-corrected chi connectivity index (χ1v) is 11.9. The molecule has 9 nitrogen and oxygen atoms in total. The first-order chi connectivity index (χ1) is 14.8. The number of carbonyl (C=O) groups excluding carboxylic acids is 1. The topological polar surface area (TPSA) is 108 Å². The maximum atomic E-state index is 13.2. The summed E-state index contributed by atoms with van der Waals surface area (Å²) < 4.78 is 27.7. The van der Waals surface area contributed by atoms with Gasteiger partial charge in [0.05, 0.1) is 23.2 Å². The lowest BCUT2D eigenvalue weighted by Gasteiger charge is -2.22. The Hall–Kier alpha value is -2.56. The van der Waals surface area contributed by atoms with Gasteiger partial charge in [-0.2, -0.15) is 4.31 Å². The summed E-state index contributed by atoms with van der Waals surface area (Å²) in [5.74, 6) is 1.35. The molecule has 4 rings (SSSR count). The van der Waals surface area contributed by atoms with Gasteiger partial charge in [-0.05, 0) is 56.6 Å². The molecule has 1 fully saturated rings. The first kappa shape index (κ1) is 21.7. The number of hydrogen-bond donors (Lipinski definition) is 2. The van der Waals surface area contributed by atoms with E-state index in [1.807, 2.05) is 0 Å². The second-order valence-electron chi connectivity index (χ2n) is 8.12. The summed E-state index contributed by atoms with van der Waals surface area (Å²) in [4.78, 5) is 23.3. The van der Waals surface area contributed by atoms with E-state index in [0.717, 1.165) is 30.8 Å². The number of amides is 1. The number of nitrogens with zero attached hydrogens (tertiary/aromatic N) is 4. The van der Waals surface area contributed by atoms with Crippen molar-refractivity contribution in [3.63, 3.8) is 0 Å². The van der Waals surface area contributed by atoms with Gasteiger partial charge in [-0.3, -0.25) is 9.69 Å². The van der Waals surface area contributed by atoms with Crippen molar-refractivity contribution in [1.29, 1.82) is 0 Å². The van der Waals surface area contributed by atoms with Crippen molar-refractivity contribution >= 4 is 27.4 Å². The standard InChI is InChI=1S/C21H28N6O3S/c1-22-19-12-15(23-21(25-19)18-5-4-10-26(18)2)13-27(3)31(29,30)16-7-8-17-14(11-16)6-9-20(28)24-17/h7-8,11-12,18H,4-6,9-10,13H2,1-3H3,(H,24,28)(H,22,23,25). The number of hydrogen-bond acceptors (Lipinski definition) is 7. The van der Waals surface area contributed by atoms with Gasteiger partial charge >= 0.3 is 0 Å². The van der Waals surface area contributed by atoms with Gasteiger partial charge in [0.1, 0.15) is 11.6 Å². The molecule has 2 aliphatic heterocycles. The Kier molecular flexibility index (Phi) is 5.96. The maximum absolute atomic E-state index is 13.2. The fourth-order valence-corrected chi connectivity index (χ4v) is 5.32. The van der Waals surface area contributed by atoms with Gasteiger partial charge in [0.15, 0.2) is 0 Å². The normalized spacial score (nSPS) is 19.4. The second kappa shape index (κ2) is 8.52. The average molecular weight is 445 g/mol. The number of sulfonamides is 1. The van der Waals surface area contributed by atoms with Gasteiger partial charge in [-0.1, -0.05) is 0 Å². The summed E-state index contributed by atoms with van der Waals surface area (Å²) in [6.45, 7) is 1.14. The number of carbonyl (C=O) groups is 1. The minimum absolute atomic E-state index is 0.0481. The number of likely N-dealkylation sites (tertiary alicyclic amines) is 1. The van der Waals surface area contributed by atoms with Crippen LogP contribution in [0.3, 0.4) is 0 Å². The molecule has 0 radical (unpaired) electrons. The van der Waals surface area contributed by atoms with Crippen LogP contribution in [0, 0.1) is 0 Å². The molecule has 31 heavy (non-hydrogen) atoms. The smallest absolute Gasteiger partial charge is 0.243 e. The van der Waals surface area contributed by atoms with E-state index in [9.17, 15) is 13.2 Å². The lowest BCUT2D eigenvalue weighted by Crippen LogP contribution is -2.28. The van der Waals surface area contributed by atoms with Gasteiger partial charge in [0.2, 0.25) is 15.9 Å². The molecule has 1 saturated heterocycles. The summed E-state index contributed by atoms with van der Waals surface area (Å²) in [5.41, 5.74) is 2.16. The van der Waals surface area contributed by atoms with Gasteiger partial charge in [0, 0.05) is 32.3 Å². The van der Waals surface area contributed by atoms with Crippen LogP contribution in [0.1, 0.15) is 42.4 Å². The Bertz CT molecular complexity index is 1100. The van der Waals surface area contributed by atoms with E-state index in [1.165, 1.54) is 10.4 Å². The summed E-state index contributed by atoms with van der Waals surface area (Å²) in [7, 11) is 1.69. The highest BCUT2D eigenvalue weighted by Crippen LogP contribution is 2.30. The van der Waals surface area contributed by atoms with E-state index in [4.69, 9.17) is 4.98 Å². The monoisotopic (exact) mass is 444 g/mol. The highest BCUT2D eigenvalue weighted by Gasteiger charge is 2.28. The van der Waals surface area contributed by atoms with Crippen molar-refractivity contribution in [1.82, 2.24) is 19.2 Å². The van der Waals surface area contributed by atoms with Crippen molar-refractivity contribution in [3.05, 3.63) is 41.3 Å². The molecule has 2 aliphatic rings. The van der Waals surface area contributed by atoms with Gasteiger partial charge in [-0.25, -0.2) is 18.4 Å². The Morgan fingerprint density at radius 1 is 1.26 bits per heavy atom. The number of nitrogens with one attached hydrogen (secondary N) is 2. The average Bonchev–Trinajstić information content (AvgIpc) is 3.18. The quantitative estimate of drug-likeness (QED) is 0.702. The van der Waals surface area contributed by atoms with Crippen LogP contribution >= 0.6 is 0 Å². The Morgan fingerprint density at radius 3 is 2.77 bits per heavy atom. The molecule has 1 unspecified atom stereocenters. The predicted octanol–water partition coefficient (Wildman–Crippen LogP) is 1.99. The van der Waals surface area contributed by atoms with Crippen molar-refractivity contribution in [3.8, 4) is 0 Å². The zero-order chi connectivity index (χ0) is 22.2. The maximum Gasteiger partial charge on any atom is 0.243 e. The molecule has 0 aliphatic carbocycles. The second-order valence-corrected chi connectivity index (χ2v) is 10.2. The minimum atomic E-state index is -3.72. The lowest BCUT2D eigenvalue weighted by molar-refractivity contribution is -0.116. The molecule has 1 atom stereocenters. The van der Waals surface area contributed by atoms with Crippen LogP contribution in [0.15, 0.2) is 29.2 Å². The van der Waals surface area contributed by atoms with Crippen LogP contribution in [0.25, 0.3) is 0 Å². The number of benzene rings is 1. The van der Waals surface area contributed by atoms with Crippen molar-refractivity contribution in [2.24, 2.45) is 0 Å². The van der Waals surface area contributed by atoms with Gasteiger partial charge in [-0.15, -0.1) is 0 Å². The van der Waals surface area contributed by atoms with E-state index < -0.39 is 10.0 Å². The third kappa shape index (κ3) is 4.41. The molecule has 0 saturated carbocycles. The number of anilines is 2. The minimum Gasteiger partial charge on any atom is -0.373 e.